The summed E-state index contributed by atoms with van der Waals surface area (Å²) in [6.07, 6.45) is 8.49. The molecule has 105 heavy (non-hydrogen) atoms. The van der Waals surface area contributed by atoms with Gasteiger partial charge in [-0.05, 0) is 94.2 Å². The van der Waals surface area contributed by atoms with E-state index in [9.17, 15) is 19.2 Å². The van der Waals surface area contributed by atoms with E-state index in [4.69, 9.17) is 42.1 Å². The molecule has 24 heteroatoms. The van der Waals surface area contributed by atoms with Crippen LogP contribution in [0.4, 0.5) is 0 Å². The first kappa shape index (κ1) is 88.8. The Bertz CT molecular complexity index is 4190. The Kier molecular flexibility index (Phi) is 32.0. The Balaban J connectivity index is 0.000000229. The fourth-order valence-electron chi connectivity index (χ4n) is 18.2. The topological polar surface area (TPSA) is 105 Å². The molecule has 0 spiro atoms. The summed E-state index contributed by atoms with van der Waals surface area (Å²) in [5.41, 5.74) is 7.89. The Labute approximate surface area is 685 Å². The van der Waals surface area contributed by atoms with Crippen molar-refractivity contribution >= 4 is 266 Å². The van der Waals surface area contributed by atoms with E-state index < -0.39 is 54.5 Å². The van der Waals surface area contributed by atoms with Crippen molar-refractivity contribution in [2.75, 3.05) is 26.4 Å². The van der Waals surface area contributed by atoms with Gasteiger partial charge in [-0.15, -0.1) is 90.7 Å². The number of carbonyl (C=O) groups is 4. The average Bonchev–Trinajstić information content (AvgIpc) is 1.58. The molecule has 0 aliphatic heterocycles. The number of hydrogen-bond acceptors (Lipinski definition) is 18. The fourth-order valence-corrected chi connectivity index (χ4v) is 78.4. The maximum atomic E-state index is 13.9. The molecule has 0 aliphatic rings. The van der Waals surface area contributed by atoms with Gasteiger partial charge in [0.05, 0.1) is 66.1 Å². The summed E-state index contributed by atoms with van der Waals surface area (Å²) in [5.74, 6) is -1.70. The minimum Gasteiger partial charge on any atom is -0.462 e. The normalized spacial score (nSPS) is 12.8. The van der Waals surface area contributed by atoms with Crippen molar-refractivity contribution in [3.8, 4) is 19.5 Å². The average molecular weight is 1810 g/mol. The number of halogens is 2. The van der Waals surface area contributed by atoms with E-state index in [0.29, 0.717) is 53.8 Å². The molecule has 0 aromatic carbocycles. The van der Waals surface area contributed by atoms with Crippen LogP contribution in [0.5, 0.6) is 0 Å². The van der Waals surface area contributed by atoms with Crippen LogP contribution in [0.15, 0.2) is 36.4 Å². The van der Waals surface area contributed by atoms with Crippen LogP contribution in [0, 0.1) is 0 Å². The first-order chi connectivity index (χ1) is 49.6. The second-order valence-corrected chi connectivity index (χ2v) is 75.6. The zero-order chi connectivity index (χ0) is 77.7. The van der Waals surface area contributed by atoms with Gasteiger partial charge in [0.25, 0.3) is 0 Å². The third-order valence-electron chi connectivity index (χ3n) is 22.4. The largest absolute Gasteiger partial charge is 0.462 e. The molecule has 0 fully saturated rings. The molecule has 10 aromatic rings. The number of ether oxygens (including phenoxy) is 4. The van der Waals surface area contributed by atoms with Gasteiger partial charge in [-0.25, -0.2) is 19.2 Å². The molecule has 0 N–H and O–H groups in total. The van der Waals surface area contributed by atoms with Crippen LogP contribution in [0.1, 0.15) is 253 Å². The van der Waals surface area contributed by atoms with Gasteiger partial charge >= 0.3 is 233 Å². The number of rotatable bonds is 32. The zero-order valence-corrected chi connectivity index (χ0v) is 82.5. The van der Waals surface area contributed by atoms with Gasteiger partial charge in [0, 0.05) is 28.6 Å². The van der Waals surface area contributed by atoms with E-state index >= 15 is 0 Å². The van der Waals surface area contributed by atoms with Crippen molar-refractivity contribution in [1.82, 2.24) is 0 Å². The van der Waals surface area contributed by atoms with Crippen LogP contribution in [0.3, 0.4) is 0 Å². The number of fused-ring (bicyclic) bond motifs is 5. The second-order valence-electron chi connectivity index (χ2n) is 30.9. The van der Waals surface area contributed by atoms with E-state index in [1.54, 1.807) is 95.4 Å². The van der Waals surface area contributed by atoms with Gasteiger partial charge in [0.2, 0.25) is 0 Å². The van der Waals surface area contributed by atoms with E-state index in [1.165, 1.54) is 57.3 Å². The van der Waals surface area contributed by atoms with Crippen molar-refractivity contribution in [3.63, 3.8) is 0 Å². The SMILES string of the molecule is CCC[CH2][Sn]([CH2]CCC)([CH2]CCC)[c]1cc2sc([Si](C(C)C)(C(C)C)C(C)C)cc2s1.CCOC(=O)c1c(-c2cc3sc([Si](C(C)C)(C(C)C)C(C)C)cc3s2)sc2c(C(=O)OCC)c(-c3cc4sc([Si](C(C)C)(C(C)C)C(C)C)cc4s3)sc12.CCOC(=O)c1c(Cl)sc2c(C(=O)OCC)c(Cl)sc12. The molecule has 0 unspecified atom stereocenters. The standard InChI is InChI=1S/C42H56O4S6Si2.C15H23S2Si.C12H10Cl2O4S2.3C4H9.Sn/c1-15-45-41(43)35-37(31-17-27-29(47-31)19-33(49-27)53(21(3)4,22(5)6)23(7)8)51-40-36(42(44)46-16-2)38(52-39(35)40)32-18-28-30(48-32)20-34(50-28)54(24(9)10,25(11)12)26(13)14;1-10(2)18(11(3)4,12(5)6)15-9-14-13(17-15)7-8-16-14;1-3-17-11(15)5-7-8(20-9(5)13)6(10(14)19-7)12(16)18-4-2;3*1-3-4-2;/h17-26H,15-16H2,1-14H3;7,9-12H,1-6H3;3-4H2,1-2H3;3*1,3-4H2,2H3;. The van der Waals surface area contributed by atoms with Crippen LogP contribution in [0.25, 0.3) is 66.5 Å². The third kappa shape index (κ3) is 17.4. The van der Waals surface area contributed by atoms with Gasteiger partial charge in [-0.1, -0.05) is 106 Å². The van der Waals surface area contributed by atoms with Crippen LogP contribution >= 0.6 is 137 Å². The van der Waals surface area contributed by atoms with Crippen LogP contribution in [-0.4, -0.2) is 92.9 Å². The van der Waals surface area contributed by atoms with Crippen molar-refractivity contribution < 1.29 is 38.1 Å². The molecule has 10 rings (SSSR count). The van der Waals surface area contributed by atoms with E-state index in [1.807, 2.05) is 39.4 Å². The summed E-state index contributed by atoms with van der Waals surface area (Å²) in [4.78, 5) is 55.5. The van der Waals surface area contributed by atoms with Gasteiger partial charge in [-0.2, -0.15) is 0 Å². The number of carbonyl (C=O) groups excluding carboxylic acids is 4. The maximum absolute atomic E-state index is 13.9. The molecule has 0 aliphatic carbocycles. The molecule has 10 heterocycles. The van der Waals surface area contributed by atoms with Gasteiger partial charge in [0.1, 0.15) is 35.9 Å². The third-order valence-corrected chi connectivity index (χ3v) is 77.1. The molecule has 0 atom stereocenters. The van der Waals surface area contributed by atoms with E-state index in [2.05, 4.69) is 204 Å². The predicted octanol–water partition coefficient (Wildman–Crippen LogP) is 29.5. The molecule has 578 valence electrons. The first-order valence-electron chi connectivity index (χ1n) is 38.5. The second kappa shape index (κ2) is 37.9. The van der Waals surface area contributed by atoms with Gasteiger partial charge in [-0.3, -0.25) is 0 Å². The molecule has 0 saturated heterocycles. The molecule has 0 bridgehead atoms. The van der Waals surface area contributed by atoms with Crippen molar-refractivity contribution in [2.45, 2.75) is 275 Å². The van der Waals surface area contributed by atoms with Gasteiger partial charge in [0.15, 0.2) is 0 Å². The zero-order valence-electron chi connectivity index (χ0n) is 67.0. The molecular formula is C81H116Cl2O8S10Si3Sn. The summed E-state index contributed by atoms with van der Waals surface area (Å²) in [7, 11) is -5.13. The fraction of sp³-hybridized carbons (Fsp3) is 0.580. The Morgan fingerprint density at radius 1 is 0.333 bits per heavy atom. The Morgan fingerprint density at radius 2 is 0.581 bits per heavy atom. The number of hydrogen-bond donors (Lipinski definition) is 0. The van der Waals surface area contributed by atoms with E-state index in [-0.39, 0.29) is 58.2 Å². The van der Waals surface area contributed by atoms with Crippen molar-refractivity contribution in [3.05, 3.63) is 67.3 Å². The Morgan fingerprint density at radius 3 is 0.829 bits per heavy atom. The maximum Gasteiger partial charge on any atom is 0.342 e. The molecular weight excluding hydrogens is 1700 g/mol. The molecule has 0 saturated carbocycles. The predicted molar refractivity (Wildman–Crippen MR) is 487 cm³/mol. The number of unbranched alkanes of at least 4 members (excludes halogenated alkanes) is 3. The summed E-state index contributed by atoms with van der Waals surface area (Å²) in [6.45, 7) is 59.4. The minimum absolute atomic E-state index is 0.246. The van der Waals surface area contributed by atoms with Crippen molar-refractivity contribution in [2.24, 2.45) is 0 Å². The smallest absolute Gasteiger partial charge is 0.342 e. The molecule has 10 aromatic heterocycles. The quantitative estimate of drug-likeness (QED) is 0.0233. The number of esters is 4. The summed E-state index contributed by atoms with van der Waals surface area (Å²) in [5, 5.41) is 0. The summed E-state index contributed by atoms with van der Waals surface area (Å²) < 4.78 is 44.8. The van der Waals surface area contributed by atoms with Crippen LogP contribution in [0.2, 0.25) is 71.9 Å². The molecule has 8 nitrogen and oxygen atoms in total. The monoisotopic (exact) mass is 1810 g/mol. The molecule has 0 radical (unpaired) electrons. The van der Waals surface area contributed by atoms with E-state index in [0.717, 1.165) is 68.2 Å². The van der Waals surface area contributed by atoms with Gasteiger partial charge < -0.3 is 18.9 Å². The Hall–Kier alpha value is -1.79. The number of thiophene rings is 10. The van der Waals surface area contributed by atoms with Crippen LogP contribution in [-0.2, 0) is 18.9 Å². The summed E-state index contributed by atoms with van der Waals surface area (Å²) in [6, 6.07) is 14.9. The van der Waals surface area contributed by atoms with Crippen molar-refractivity contribution in [1.29, 1.82) is 0 Å². The first-order valence-corrected chi connectivity index (χ1v) is 61.6. The summed E-state index contributed by atoms with van der Waals surface area (Å²) >= 11 is 27.1. The van der Waals surface area contributed by atoms with Crippen LogP contribution < -0.4 is 16.4 Å². The minimum atomic E-state index is -2.29. The molecule has 0 amide bonds.